The summed E-state index contributed by atoms with van der Waals surface area (Å²) in [7, 11) is 1.51. The molecule has 0 saturated heterocycles. The minimum Gasteiger partial charge on any atom is -0.489 e. The molecule has 1 aromatic heterocycles. The second-order valence-corrected chi connectivity index (χ2v) is 10.8. The maximum Gasteiger partial charge on any atom is 0.303 e. The van der Waals surface area contributed by atoms with Crippen LogP contribution in [0.15, 0.2) is 48.7 Å². The fourth-order valence-corrected chi connectivity index (χ4v) is 5.66. The lowest BCUT2D eigenvalue weighted by Crippen LogP contribution is -2.17. The largest absolute Gasteiger partial charge is 0.489 e. The third kappa shape index (κ3) is 6.14. The van der Waals surface area contributed by atoms with Gasteiger partial charge in [-0.25, -0.2) is 13.8 Å². The van der Waals surface area contributed by atoms with Gasteiger partial charge in [0.25, 0.3) is 0 Å². The zero-order chi connectivity index (χ0) is 27.4. The molecular weight excluding hydrogens is 488 g/mol. The van der Waals surface area contributed by atoms with E-state index in [9.17, 15) is 18.7 Å². The summed E-state index contributed by atoms with van der Waals surface area (Å²) in [6.45, 7) is 6.57. The van der Waals surface area contributed by atoms with Gasteiger partial charge in [-0.3, -0.25) is 4.79 Å². The van der Waals surface area contributed by atoms with Crippen LogP contribution in [0.1, 0.15) is 81.4 Å². The Morgan fingerprint density at radius 1 is 1.16 bits per heavy atom. The summed E-state index contributed by atoms with van der Waals surface area (Å²) in [5.41, 5.74) is 3.85. The lowest BCUT2D eigenvalue weighted by Gasteiger charge is -2.30. The number of methoxy groups -OCH3 is 1. The maximum atomic E-state index is 15.0. The summed E-state index contributed by atoms with van der Waals surface area (Å²) < 4.78 is 40.6. The van der Waals surface area contributed by atoms with Crippen molar-refractivity contribution in [3.05, 3.63) is 77.0 Å². The lowest BCUT2D eigenvalue weighted by atomic mass is 9.75. The number of carboxylic acid groups (broad SMARTS) is 1. The highest BCUT2D eigenvalue weighted by Gasteiger charge is 2.37. The first-order chi connectivity index (χ1) is 18.1. The predicted octanol–water partition coefficient (Wildman–Crippen LogP) is 7.88. The van der Waals surface area contributed by atoms with Crippen LogP contribution in [0.2, 0.25) is 0 Å². The molecule has 0 bridgehead atoms. The Labute approximate surface area is 222 Å². The van der Waals surface area contributed by atoms with Crippen LogP contribution < -0.4 is 9.47 Å². The van der Waals surface area contributed by atoms with Gasteiger partial charge in [0.05, 0.1) is 19.7 Å². The van der Waals surface area contributed by atoms with Gasteiger partial charge in [0.15, 0.2) is 0 Å². The van der Waals surface area contributed by atoms with Gasteiger partial charge in [0, 0.05) is 17.7 Å². The van der Waals surface area contributed by atoms with Gasteiger partial charge in [-0.15, -0.1) is 0 Å². The molecule has 5 nitrogen and oxygen atoms in total. The molecule has 3 aromatic rings. The number of pyridine rings is 1. The predicted molar refractivity (Wildman–Crippen MR) is 143 cm³/mol. The van der Waals surface area contributed by atoms with E-state index < -0.39 is 17.6 Å². The molecule has 2 aromatic carbocycles. The molecule has 1 heterocycles. The molecule has 0 spiro atoms. The molecule has 38 heavy (non-hydrogen) atoms. The van der Waals surface area contributed by atoms with E-state index in [4.69, 9.17) is 9.47 Å². The Morgan fingerprint density at radius 2 is 1.95 bits per heavy atom. The molecular formula is C31H35F2NO4. The standard InChI is InChI=1S/C31H35F2NO4/c1-5-20(14-30(35)36)21-12-22(32)15-23(13-21)38-18-19-8-9-24(26-16-29(37-4)34-17-28(26)33)25(11-19)27-7-6-10-31(27,2)3/h8-9,11-13,15-17,20,27H,5-7,10,14,18H2,1-4H3,(H,35,36)/t20-,27-/m1/s1. The first kappa shape index (κ1) is 27.6. The average Bonchev–Trinajstić information content (AvgIpc) is 3.24. The van der Waals surface area contributed by atoms with E-state index in [2.05, 4.69) is 24.9 Å². The summed E-state index contributed by atoms with van der Waals surface area (Å²) in [5.74, 6) is -1.17. The van der Waals surface area contributed by atoms with Crippen molar-refractivity contribution in [3.63, 3.8) is 0 Å². The molecule has 1 aliphatic carbocycles. The number of benzene rings is 2. The Balaban J connectivity index is 1.66. The van der Waals surface area contributed by atoms with Crippen LogP contribution in [0.3, 0.4) is 0 Å². The smallest absolute Gasteiger partial charge is 0.303 e. The zero-order valence-electron chi connectivity index (χ0n) is 22.4. The van der Waals surface area contributed by atoms with Crippen molar-refractivity contribution in [1.82, 2.24) is 4.98 Å². The Bertz CT molecular complexity index is 1310. The van der Waals surface area contributed by atoms with Gasteiger partial charge in [-0.2, -0.15) is 0 Å². The molecule has 0 unspecified atom stereocenters. The topological polar surface area (TPSA) is 68.7 Å². The van der Waals surface area contributed by atoms with Crippen LogP contribution in [0, 0.1) is 17.0 Å². The molecule has 0 amide bonds. The van der Waals surface area contributed by atoms with Gasteiger partial charge >= 0.3 is 5.97 Å². The maximum absolute atomic E-state index is 15.0. The molecule has 1 fully saturated rings. The fraction of sp³-hybridized carbons (Fsp3) is 0.419. The van der Waals surface area contributed by atoms with Crippen LogP contribution in [0.4, 0.5) is 8.78 Å². The van der Waals surface area contributed by atoms with Crippen LogP contribution in [-0.4, -0.2) is 23.2 Å². The highest BCUT2D eigenvalue weighted by molar-refractivity contribution is 5.70. The number of nitrogens with zero attached hydrogens (tertiary/aromatic N) is 1. The second-order valence-electron chi connectivity index (χ2n) is 10.8. The number of hydrogen-bond acceptors (Lipinski definition) is 4. The highest BCUT2D eigenvalue weighted by Crippen LogP contribution is 2.51. The van der Waals surface area contributed by atoms with Gasteiger partial charge in [0.1, 0.15) is 24.0 Å². The van der Waals surface area contributed by atoms with Crippen LogP contribution in [0.5, 0.6) is 11.6 Å². The number of halogens is 2. The van der Waals surface area contributed by atoms with Crippen LogP contribution in [0.25, 0.3) is 11.1 Å². The number of ether oxygens (including phenoxy) is 2. The first-order valence-electron chi connectivity index (χ1n) is 13.1. The summed E-state index contributed by atoms with van der Waals surface area (Å²) >= 11 is 0. The third-order valence-electron chi connectivity index (χ3n) is 7.76. The second kappa shape index (κ2) is 11.5. The molecule has 0 aliphatic heterocycles. The van der Waals surface area contributed by atoms with E-state index in [0.29, 0.717) is 29.2 Å². The monoisotopic (exact) mass is 523 g/mol. The highest BCUT2D eigenvalue weighted by atomic mass is 19.1. The minimum atomic E-state index is -0.922. The molecule has 1 N–H and O–H groups in total. The summed E-state index contributed by atoms with van der Waals surface area (Å²) in [4.78, 5) is 15.2. The number of aliphatic carboxylic acids is 1. The van der Waals surface area contributed by atoms with E-state index in [0.717, 1.165) is 36.0 Å². The molecule has 2 atom stereocenters. The molecule has 1 aliphatic rings. The van der Waals surface area contributed by atoms with Crippen molar-refractivity contribution in [1.29, 1.82) is 0 Å². The van der Waals surface area contributed by atoms with E-state index in [1.165, 1.54) is 25.4 Å². The fourth-order valence-electron chi connectivity index (χ4n) is 5.66. The molecule has 4 rings (SSSR count). The Hall–Kier alpha value is -3.48. The SMILES string of the molecule is CC[C@H](CC(=O)O)c1cc(F)cc(OCc2ccc(-c3cc(OC)ncc3F)c([C@H]3CCCC3(C)C)c2)c1. The van der Waals surface area contributed by atoms with Gasteiger partial charge in [-0.05, 0) is 70.9 Å². The Kier molecular flexibility index (Phi) is 8.34. The van der Waals surface area contributed by atoms with Gasteiger partial charge in [-0.1, -0.05) is 45.4 Å². The molecule has 0 radical (unpaired) electrons. The molecule has 1 saturated carbocycles. The van der Waals surface area contributed by atoms with Crippen molar-refractivity contribution >= 4 is 5.97 Å². The van der Waals surface area contributed by atoms with Crippen LogP contribution >= 0.6 is 0 Å². The average molecular weight is 524 g/mol. The van der Waals surface area contributed by atoms with E-state index in [1.807, 2.05) is 19.1 Å². The van der Waals surface area contributed by atoms with Crippen LogP contribution in [-0.2, 0) is 11.4 Å². The van der Waals surface area contributed by atoms with Crippen molar-refractivity contribution in [2.24, 2.45) is 5.41 Å². The normalized spacial score (nSPS) is 17.3. The van der Waals surface area contributed by atoms with E-state index in [1.54, 1.807) is 12.1 Å². The number of rotatable bonds is 10. The first-order valence-corrected chi connectivity index (χ1v) is 13.1. The Morgan fingerprint density at radius 3 is 2.61 bits per heavy atom. The lowest BCUT2D eigenvalue weighted by molar-refractivity contribution is -0.137. The summed E-state index contributed by atoms with van der Waals surface area (Å²) in [6.07, 6.45) is 4.88. The number of aromatic nitrogens is 1. The van der Waals surface area contributed by atoms with Crippen molar-refractivity contribution in [3.8, 4) is 22.8 Å². The number of carbonyl (C=O) groups is 1. The molecule has 7 heteroatoms. The number of carboxylic acids is 1. The van der Waals surface area contributed by atoms with Crippen molar-refractivity contribution in [2.45, 2.75) is 71.3 Å². The van der Waals surface area contributed by atoms with Gasteiger partial charge in [0.2, 0.25) is 5.88 Å². The van der Waals surface area contributed by atoms with E-state index in [-0.39, 0.29) is 30.3 Å². The molecule has 202 valence electrons. The van der Waals surface area contributed by atoms with Crippen molar-refractivity contribution < 1.29 is 28.2 Å². The third-order valence-corrected chi connectivity index (χ3v) is 7.76. The van der Waals surface area contributed by atoms with Crippen molar-refractivity contribution in [2.75, 3.05) is 7.11 Å². The summed E-state index contributed by atoms with van der Waals surface area (Å²) in [6, 6.07) is 11.9. The quantitative estimate of drug-likeness (QED) is 0.293. The number of hydrogen-bond donors (Lipinski definition) is 1. The zero-order valence-corrected chi connectivity index (χ0v) is 22.4. The summed E-state index contributed by atoms with van der Waals surface area (Å²) in [5, 5.41) is 9.21. The van der Waals surface area contributed by atoms with E-state index >= 15 is 0 Å². The minimum absolute atomic E-state index is 0.0542. The van der Waals surface area contributed by atoms with Gasteiger partial charge < -0.3 is 14.6 Å².